The summed E-state index contributed by atoms with van der Waals surface area (Å²) in [6.07, 6.45) is -0.603. The summed E-state index contributed by atoms with van der Waals surface area (Å²) >= 11 is 0. The van der Waals surface area contributed by atoms with E-state index in [4.69, 9.17) is 22.3 Å². The van der Waals surface area contributed by atoms with Gasteiger partial charge in [0.25, 0.3) is 0 Å². The highest BCUT2D eigenvalue weighted by atomic mass is 16.4. The molecule has 5 atom stereocenters. The first-order chi connectivity index (χ1) is 18.1. The molecule has 0 aromatic rings. The van der Waals surface area contributed by atoms with Gasteiger partial charge in [-0.05, 0) is 45.1 Å². The second kappa shape index (κ2) is 17.7. The molecule has 12 N–H and O–H groups in total. The lowest BCUT2D eigenvalue weighted by Gasteiger charge is -2.27. The number of carbonyl (C=O) groups is 7. The molecular formula is C23H41N7O9. The molecule has 0 saturated heterocycles. The summed E-state index contributed by atoms with van der Waals surface area (Å²) in [5.41, 5.74) is 16.2. The van der Waals surface area contributed by atoms with Gasteiger partial charge in [0, 0.05) is 6.42 Å². The summed E-state index contributed by atoms with van der Waals surface area (Å²) in [6.45, 7) is 5.10. The van der Waals surface area contributed by atoms with Gasteiger partial charge in [-0.3, -0.25) is 28.8 Å². The fourth-order valence-electron chi connectivity index (χ4n) is 3.32. The van der Waals surface area contributed by atoms with Crippen molar-refractivity contribution >= 4 is 41.5 Å². The number of nitrogens with two attached hydrogens (primary N) is 3. The van der Waals surface area contributed by atoms with E-state index in [1.165, 1.54) is 6.92 Å². The van der Waals surface area contributed by atoms with E-state index in [0.717, 1.165) is 0 Å². The van der Waals surface area contributed by atoms with Gasteiger partial charge in [-0.1, -0.05) is 13.8 Å². The second-order valence-electron chi connectivity index (χ2n) is 9.43. The number of hydrogen-bond acceptors (Lipinski definition) is 9. The molecule has 16 heteroatoms. The number of carbonyl (C=O) groups excluding carboxylic acids is 5. The molecule has 0 aromatic carbocycles. The molecule has 0 spiro atoms. The van der Waals surface area contributed by atoms with E-state index in [1.54, 1.807) is 13.8 Å². The molecule has 0 unspecified atom stereocenters. The zero-order valence-corrected chi connectivity index (χ0v) is 22.4. The quantitative estimate of drug-likeness (QED) is 0.0713. The number of carboxylic acids is 2. The Morgan fingerprint density at radius 3 is 1.67 bits per heavy atom. The number of amides is 5. The molecule has 0 aromatic heterocycles. The standard InChI is InChI=1S/C23H41N7O9/c1-11(2)18(30-19(34)12(3)25)22(37)28-13(6-4-5-9-24)20(35)27-14(7-8-16(26)31)21(36)29-15(23(38)39)10-17(32)33/h11-15,18H,4-10,24-25H2,1-3H3,(H2,26,31)(H,27,35)(H,28,37)(H,29,36)(H,30,34)(H,32,33)(H,38,39)/t12-,13-,14-,15-,18-/m0/s1. The Kier molecular flexibility index (Phi) is 16.0. The first kappa shape index (κ1) is 35.2. The maximum atomic E-state index is 13.2. The molecule has 0 fully saturated rings. The summed E-state index contributed by atoms with van der Waals surface area (Å²) in [5, 5.41) is 27.6. The molecule has 39 heavy (non-hydrogen) atoms. The maximum Gasteiger partial charge on any atom is 0.326 e. The normalized spacial score (nSPS) is 14.7. The number of primary amides is 1. The van der Waals surface area contributed by atoms with Gasteiger partial charge < -0.3 is 48.7 Å². The third-order valence-corrected chi connectivity index (χ3v) is 5.55. The van der Waals surface area contributed by atoms with E-state index in [1.807, 2.05) is 5.32 Å². The number of aliphatic carboxylic acids is 2. The minimum atomic E-state index is -1.80. The highest BCUT2D eigenvalue weighted by Crippen LogP contribution is 2.08. The van der Waals surface area contributed by atoms with Crippen LogP contribution in [0, 0.1) is 5.92 Å². The first-order valence-electron chi connectivity index (χ1n) is 12.5. The van der Waals surface area contributed by atoms with Gasteiger partial charge >= 0.3 is 11.9 Å². The van der Waals surface area contributed by atoms with Gasteiger partial charge in [0.2, 0.25) is 29.5 Å². The number of unbranched alkanes of at least 4 members (excludes halogenated alkanes) is 1. The summed E-state index contributed by atoms with van der Waals surface area (Å²) in [4.78, 5) is 84.7. The maximum absolute atomic E-state index is 13.2. The third-order valence-electron chi connectivity index (χ3n) is 5.55. The minimum absolute atomic E-state index is 0.0990. The van der Waals surface area contributed by atoms with Crippen LogP contribution in [0.2, 0.25) is 0 Å². The molecule has 0 heterocycles. The van der Waals surface area contributed by atoms with Crippen LogP contribution in [0.1, 0.15) is 59.3 Å². The lowest BCUT2D eigenvalue weighted by Crippen LogP contribution is -2.59. The van der Waals surface area contributed by atoms with Crippen LogP contribution in [-0.4, -0.2) is 88.4 Å². The fraction of sp³-hybridized carbons (Fsp3) is 0.696. The molecule has 5 amide bonds. The van der Waals surface area contributed by atoms with Gasteiger partial charge in [-0.2, -0.15) is 0 Å². The molecule has 0 aliphatic carbocycles. The van der Waals surface area contributed by atoms with Crippen molar-refractivity contribution in [2.75, 3.05) is 6.54 Å². The number of nitrogens with one attached hydrogen (secondary N) is 4. The fourth-order valence-corrected chi connectivity index (χ4v) is 3.32. The topological polar surface area (TPSA) is 286 Å². The second-order valence-corrected chi connectivity index (χ2v) is 9.43. The Morgan fingerprint density at radius 2 is 1.23 bits per heavy atom. The number of rotatable bonds is 19. The van der Waals surface area contributed by atoms with Crippen LogP contribution in [0.3, 0.4) is 0 Å². The molecule has 0 bridgehead atoms. The van der Waals surface area contributed by atoms with E-state index in [9.17, 15) is 38.7 Å². The van der Waals surface area contributed by atoms with Crippen LogP contribution in [0.25, 0.3) is 0 Å². The van der Waals surface area contributed by atoms with Crippen LogP contribution < -0.4 is 38.5 Å². The summed E-state index contributed by atoms with van der Waals surface area (Å²) < 4.78 is 0. The number of hydrogen-bond donors (Lipinski definition) is 9. The predicted molar refractivity (Wildman–Crippen MR) is 137 cm³/mol. The molecule has 0 aliphatic rings. The van der Waals surface area contributed by atoms with Crippen LogP contribution >= 0.6 is 0 Å². The van der Waals surface area contributed by atoms with Crippen molar-refractivity contribution < 1.29 is 43.8 Å². The smallest absolute Gasteiger partial charge is 0.326 e. The Morgan fingerprint density at radius 1 is 0.718 bits per heavy atom. The van der Waals surface area contributed by atoms with Gasteiger partial charge in [-0.25, -0.2) is 4.79 Å². The minimum Gasteiger partial charge on any atom is -0.481 e. The van der Waals surface area contributed by atoms with Crippen molar-refractivity contribution in [1.29, 1.82) is 0 Å². The zero-order valence-electron chi connectivity index (χ0n) is 22.4. The van der Waals surface area contributed by atoms with E-state index >= 15 is 0 Å². The third kappa shape index (κ3) is 14.1. The van der Waals surface area contributed by atoms with E-state index in [2.05, 4.69) is 16.0 Å². The number of carboxylic acid groups (broad SMARTS) is 2. The van der Waals surface area contributed by atoms with E-state index in [0.29, 0.717) is 19.4 Å². The molecule has 0 saturated carbocycles. The molecule has 222 valence electrons. The van der Waals surface area contributed by atoms with Crippen LogP contribution in [-0.2, 0) is 33.6 Å². The van der Waals surface area contributed by atoms with Crippen molar-refractivity contribution in [1.82, 2.24) is 21.3 Å². The lowest BCUT2D eigenvalue weighted by molar-refractivity contribution is -0.147. The van der Waals surface area contributed by atoms with Crippen LogP contribution in [0.4, 0.5) is 0 Å². The van der Waals surface area contributed by atoms with E-state index < -0.39 is 78.1 Å². The Hall–Kier alpha value is -3.79. The molecular weight excluding hydrogens is 518 g/mol. The van der Waals surface area contributed by atoms with Gasteiger partial charge in [0.1, 0.15) is 24.2 Å². The van der Waals surface area contributed by atoms with Gasteiger partial charge in [0.05, 0.1) is 12.5 Å². The van der Waals surface area contributed by atoms with Crippen LogP contribution in [0.5, 0.6) is 0 Å². The Labute approximate surface area is 226 Å². The average molecular weight is 560 g/mol. The van der Waals surface area contributed by atoms with Crippen molar-refractivity contribution in [3.8, 4) is 0 Å². The SMILES string of the molecule is CC(C)[C@H](NC(=O)[C@H](C)N)C(=O)N[C@@H](CCCCN)C(=O)N[C@@H](CCC(N)=O)C(=O)N[C@@H](CC(=O)O)C(=O)O. The summed E-state index contributed by atoms with van der Waals surface area (Å²) in [6, 6.07) is -6.40. The van der Waals surface area contributed by atoms with Gasteiger partial charge in [-0.15, -0.1) is 0 Å². The van der Waals surface area contributed by atoms with Crippen LogP contribution in [0.15, 0.2) is 0 Å². The van der Waals surface area contributed by atoms with Crippen molar-refractivity contribution in [2.45, 2.75) is 89.5 Å². The van der Waals surface area contributed by atoms with Crippen molar-refractivity contribution in [3.63, 3.8) is 0 Å². The Balaban J connectivity index is 5.86. The van der Waals surface area contributed by atoms with Gasteiger partial charge in [0.15, 0.2) is 0 Å². The molecule has 0 rings (SSSR count). The monoisotopic (exact) mass is 559 g/mol. The van der Waals surface area contributed by atoms with Crippen molar-refractivity contribution in [3.05, 3.63) is 0 Å². The highest BCUT2D eigenvalue weighted by molar-refractivity contribution is 5.96. The molecule has 16 nitrogen and oxygen atoms in total. The average Bonchev–Trinajstić information content (AvgIpc) is 2.82. The molecule has 0 radical (unpaired) electrons. The van der Waals surface area contributed by atoms with Crippen molar-refractivity contribution in [2.24, 2.45) is 23.1 Å². The predicted octanol–water partition coefficient (Wildman–Crippen LogP) is -3.12. The highest BCUT2D eigenvalue weighted by Gasteiger charge is 2.32. The summed E-state index contributed by atoms with van der Waals surface area (Å²) in [5.74, 6) is -7.45. The van der Waals surface area contributed by atoms with E-state index in [-0.39, 0.29) is 25.2 Å². The largest absolute Gasteiger partial charge is 0.481 e. The Bertz CT molecular complexity index is 895. The lowest BCUT2D eigenvalue weighted by atomic mass is 10.0. The molecule has 0 aliphatic heterocycles. The zero-order chi connectivity index (χ0) is 30.3. The first-order valence-corrected chi connectivity index (χ1v) is 12.5. The summed E-state index contributed by atoms with van der Waals surface area (Å²) in [7, 11) is 0.